The number of aromatic nitrogens is 1. The first-order valence-corrected chi connectivity index (χ1v) is 13.9. The molecule has 0 saturated carbocycles. The summed E-state index contributed by atoms with van der Waals surface area (Å²) in [7, 11) is 1.63. The van der Waals surface area contributed by atoms with E-state index in [9.17, 15) is 9.59 Å². The van der Waals surface area contributed by atoms with E-state index in [0.717, 1.165) is 50.6 Å². The lowest BCUT2D eigenvalue weighted by atomic mass is 9.97. The molecule has 0 unspecified atom stereocenters. The van der Waals surface area contributed by atoms with Crippen LogP contribution in [0.2, 0.25) is 0 Å². The third kappa shape index (κ3) is 8.31. The van der Waals surface area contributed by atoms with Gasteiger partial charge in [-0.15, -0.1) is 11.3 Å². The van der Waals surface area contributed by atoms with Crippen LogP contribution in [0.25, 0.3) is 0 Å². The second-order valence-electron chi connectivity index (χ2n) is 9.44. The number of methoxy groups -OCH3 is 1. The van der Waals surface area contributed by atoms with E-state index < -0.39 is 0 Å². The van der Waals surface area contributed by atoms with Crippen molar-refractivity contribution >= 4 is 23.2 Å². The predicted molar refractivity (Wildman–Crippen MR) is 142 cm³/mol. The molecule has 0 bridgehead atoms. The van der Waals surface area contributed by atoms with Gasteiger partial charge in [-0.1, -0.05) is 30.3 Å². The second-order valence-corrected chi connectivity index (χ2v) is 10.3. The highest BCUT2D eigenvalue weighted by molar-refractivity contribution is 7.09. The molecule has 2 aromatic rings. The molecular formula is C27H38N4O5S. The molecule has 0 radical (unpaired) electrons. The lowest BCUT2D eigenvalue weighted by Gasteiger charge is -2.34. The van der Waals surface area contributed by atoms with E-state index >= 15 is 0 Å². The Morgan fingerprint density at radius 3 is 2.35 bits per heavy atom. The predicted octanol–water partition coefficient (Wildman–Crippen LogP) is 2.49. The summed E-state index contributed by atoms with van der Waals surface area (Å²) in [4.78, 5) is 36.4. The van der Waals surface area contributed by atoms with Gasteiger partial charge in [-0.05, 0) is 18.4 Å². The van der Waals surface area contributed by atoms with E-state index in [2.05, 4.69) is 29.2 Å². The van der Waals surface area contributed by atoms with Gasteiger partial charge >= 0.3 is 0 Å². The van der Waals surface area contributed by atoms with Crippen molar-refractivity contribution in [3.05, 3.63) is 52.0 Å². The van der Waals surface area contributed by atoms with Gasteiger partial charge in [-0.25, -0.2) is 4.98 Å². The Bertz CT molecular complexity index is 972. The summed E-state index contributed by atoms with van der Waals surface area (Å²) < 4.78 is 15.7. The molecule has 37 heavy (non-hydrogen) atoms. The lowest BCUT2D eigenvalue weighted by molar-refractivity contribution is -0.137. The molecule has 0 aliphatic carbocycles. The van der Waals surface area contributed by atoms with Crippen molar-refractivity contribution in [3.8, 4) is 0 Å². The van der Waals surface area contributed by atoms with Crippen molar-refractivity contribution in [1.82, 2.24) is 19.7 Å². The molecule has 202 valence electrons. The average Bonchev–Trinajstić information content (AvgIpc) is 3.44. The Morgan fingerprint density at radius 2 is 1.62 bits per heavy atom. The third-order valence-corrected chi connectivity index (χ3v) is 7.88. The van der Waals surface area contributed by atoms with Crippen molar-refractivity contribution in [2.45, 2.75) is 25.3 Å². The molecule has 10 heteroatoms. The zero-order chi connectivity index (χ0) is 25.9. The standard InChI is InChI=1S/C27H38N4O5S/c1-34-15-16-35-17-18-36-20-25(32)30-9-7-23(8-10-30)26-28-24(21-37-26)27(33)31-13-11-29(12-14-31)19-22-5-3-2-4-6-22/h2-6,21,23H,7-20H2,1H3. The minimum atomic E-state index is 0.0109. The maximum Gasteiger partial charge on any atom is 0.273 e. The Morgan fingerprint density at radius 1 is 0.919 bits per heavy atom. The molecule has 2 amide bonds. The lowest BCUT2D eigenvalue weighted by Crippen LogP contribution is -2.48. The minimum absolute atomic E-state index is 0.0109. The Kier molecular flexibility index (Phi) is 10.9. The number of piperazine rings is 1. The molecule has 9 nitrogen and oxygen atoms in total. The normalized spacial score (nSPS) is 17.3. The zero-order valence-electron chi connectivity index (χ0n) is 21.7. The minimum Gasteiger partial charge on any atom is -0.382 e. The third-order valence-electron chi connectivity index (χ3n) is 6.88. The van der Waals surface area contributed by atoms with E-state index in [0.29, 0.717) is 45.2 Å². The number of thiazole rings is 1. The molecule has 0 N–H and O–H groups in total. The van der Waals surface area contributed by atoms with Gasteiger partial charge in [0, 0.05) is 64.2 Å². The first-order valence-electron chi connectivity index (χ1n) is 13.1. The summed E-state index contributed by atoms with van der Waals surface area (Å²) in [5, 5.41) is 2.90. The first-order chi connectivity index (χ1) is 18.1. The van der Waals surface area contributed by atoms with Crippen molar-refractivity contribution in [2.24, 2.45) is 0 Å². The fraction of sp³-hybridized carbons (Fsp3) is 0.593. The van der Waals surface area contributed by atoms with Crippen LogP contribution in [-0.2, 0) is 25.5 Å². The van der Waals surface area contributed by atoms with E-state index in [1.165, 1.54) is 5.56 Å². The van der Waals surface area contributed by atoms with Gasteiger partial charge < -0.3 is 24.0 Å². The molecule has 2 saturated heterocycles. The van der Waals surface area contributed by atoms with Gasteiger partial charge in [-0.2, -0.15) is 0 Å². The highest BCUT2D eigenvalue weighted by atomic mass is 32.1. The molecule has 2 fully saturated rings. The first kappa shape index (κ1) is 27.7. The van der Waals surface area contributed by atoms with Gasteiger partial charge in [0.2, 0.25) is 5.91 Å². The van der Waals surface area contributed by atoms with Crippen molar-refractivity contribution in [1.29, 1.82) is 0 Å². The fourth-order valence-corrected chi connectivity index (χ4v) is 5.64. The quantitative estimate of drug-likeness (QED) is 0.390. The highest BCUT2D eigenvalue weighted by Gasteiger charge is 2.28. The van der Waals surface area contributed by atoms with Crippen molar-refractivity contribution in [3.63, 3.8) is 0 Å². The number of carbonyl (C=O) groups is 2. The Hall–Kier alpha value is -2.37. The van der Waals surface area contributed by atoms with Crippen LogP contribution in [0.3, 0.4) is 0 Å². The number of benzene rings is 1. The average molecular weight is 531 g/mol. The van der Waals surface area contributed by atoms with Gasteiger partial charge in [0.1, 0.15) is 12.3 Å². The molecular weight excluding hydrogens is 492 g/mol. The van der Waals surface area contributed by atoms with E-state index in [1.54, 1.807) is 18.4 Å². The summed E-state index contributed by atoms with van der Waals surface area (Å²) in [5.41, 5.74) is 1.85. The van der Waals surface area contributed by atoms with Crippen LogP contribution < -0.4 is 0 Å². The zero-order valence-corrected chi connectivity index (χ0v) is 22.5. The summed E-state index contributed by atoms with van der Waals surface area (Å²) in [6, 6.07) is 10.4. The van der Waals surface area contributed by atoms with Gasteiger partial charge in [-0.3, -0.25) is 14.5 Å². The molecule has 2 aliphatic rings. The van der Waals surface area contributed by atoms with Crippen LogP contribution in [0.4, 0.5) is 0 Å². The topological polar surface area (TPSA) is 84.4 Å². The highest BCUT2D eigenvalue weighted by Crippen LogP contribution is 2.30. The molecule has 0 atom stereocenters. The van der Waals surface area contributed by atoms with E-state index in [4.69, 9.17) is 19.2 Å². The van der Waals surface area contributed by atoms with Crippen LogP contribution >= 0.6 is 11.3 Å². The number of ether oxygens (including phenoxy) is 3. The SMILES string of the molecule is COCCOCCOCC(=O)N1CCC(c2nc(C(=O)N3CCN(Cc4ccccc4)CC3)cs2)CC1. The van der Waals surface area contributed by atoms with Crippen molar-refractivity contribution in [2.75, 3.05) is 79.4 Å². The number of likely N-dealkylation sites (tertiary alicyclic amines) is 1. The summed E-state index contributed by atoms with van der Waals surface area (Å²) >= 11 is 1.57. The molecule has 1 aromatic heterocycles. The molecule has 4 rings (SSSR count). The number of rotatable bonds is 12. The molecule has 2 aliphatic heterocycles. The van der Waals surface area contributed by atoms with Gasteiger partial charge in [0.25, 0.3) is 5.91 Å². The molecule has 0 spiro atoms. The summed E-state index contributed by atoms with van der Waals surface area (Å²) in [6.07, 6.45) is 1.70. The maximum atomic E-state index is 13.1. The Labute approximate surface area is 223 Å². The number of piperidine rings is 1. The van der Waals surface area contributed by atoms with Crippen LogP contribution in [0.15, 0.2) is 35.7 Å². The molecule has 3 heterocycles. The number of carbonyl (C=O) groups excluding carboxylic acids is 2. The summed E-state index contributed by atoms with van der Waals surface area (Å²) in [5.74, 6) is 0.322. The number of hydrogen-bond donors (Lipinski definition) is 0. The van der Waals surface area contributed by atoms with Gasteiger partial charge in [0.05, 0.1) is 31.4 Å². The molecule has 1 aromatic carbocycles. The number of hydrogen-bond acceptors (Lipinski definition) is 8. The van der Waals surface area contributed by atoms with Crippen LogP contribution in [0.5, 0.6) is 0 Å². The smallest absolute Gasteiger partial charge is 0.273 e. The summed E-state index contributed by atoms with van der Waals surface area (Å²) in [6.45, 7) is 7.47. The monoisotopic (exact) mass is 530 g/mol. The number of nitrogens with zero attached hydrogens (tertiary/aromatic N) is 4. The van der Waals surface area contributed by atoms with Crippen molar-refractivity contribution < 1.29 is 23.8 Å². The second kappa shape index (κ2) is 14.5. The Balaban J connectivity index is 1.15. The van der Waals surface area contributed by atoms with E-state index in [-0.39, 0.29) is 24.3 Å². The fourth-order valence-electron chi connectivity index (χ4n) is 4.67. The number of amides is 2. The van der Waals surface area contributed by atoms with Crippen LogP contribution in [0.1, 0.15) is 39.8 Å². The van der Waals surface area contributed by atoms with Crippen LogP contribution in [-0.4, -0.2) is 111 Å². The van der Waals surface area contributed by atoms with E-state index in [1.807, 2.05) is 21.2 Å². The maximum absolute atomic E-state index is 13.1. The largest absolute Gasteiger partial charge is 0.382 e. The van der Waals surface area contributed by atoms with Gasteiger partial charge in [0.15, 0.2) is 0 Å². The van der Waals surface area contributed by atoms with Crippen LogP contribution in [0, 0.1) is 0 Å².